The number of carbonyl (C=O) groups is 1. The fraction of sp³-hybridized carbons (Fsp3) is 0.346. The highest BCUT2D eigenvalue weighted by molar-refractivity contribution is 7.99. The van der Waals surface area contributed by atoms with Gasteiger partial charge in [0, 0.05) is 42.8 Å². The molecular weight excluding hydrogens is 586 g/mol. The molecule has 1 saturated heterocycles. The average Bonchev–Trinajstić information content (AvgIpc) is 3.64. The van der Waals surface area contributed by atoms with E-state index in [1.807, 2.05) is 11.8 Å². The molecule has 1 aromatic carbocycles. The zero-order valence-electron chi connectivity index (χ0n) is 22.8. The summed E-state index contributed by atoms with van der Waals surface area (Å²) >= 11 is 2.89. The summed E-state index contributed by atoms with van der Waals surface area (Å²) in [7, 11) is 2.94. The number of carbonyl (C=O) groups excluding carboxylic acids is 1. The molecule has 0 aliphatic carbocycles. The molecular formula is C26H29N7O7S2. The molecule has 0 spiro atoms. The second-order valence-corrected chi connectivity index (χ2v) is 11.2. The third-order valence-electron chi connectivity index (χ3n) is 6.31. The number of benzene rings is 1. The Morgan fingerprint density at radius 2 is 1.93 bits per heavy atom. The third-order valence-corrected chi connectivity index (χ3v) is 8.07. The summed E-state index contributed by atoms with van der Waals surface area (Å²) in [5.74, 6) is 1.80. The number of nitrogens with two attached hydrogens (primary N) is 1. The molecule has 1 fully saturated rings. The number of hydrogen-bond acceptors (Lipinski definition) is 14. The first kappa shape index (κ1) is 29.4. The van der Waals surface area contributed by atoms with Crippen LogP contribution in [0.4, 0.5) is 10.9 Å². The number of amides is 1. The van der Waals surface area contributed by atoms with Crippen LogP contribution in [-0.4, -0.2) is 94.0 Å². The fourth-order valence-corrected chi connectivity index (χ4v) is 6.03. The number of ether oxygens (including phenoxy) is 3. The Bertz CT molecular complexity index is 1580. The second kappa shape index (κ2) is 13.2. The highest BCUT2D eigenvalue weighted by Crippen LogP contribution is 2.42. The quantitative estimate of drug-likeness (QED) is 0.223. The minimum atomic E-state index is -0.922. The predicted octanol–water partition coefficient (Wildman–Crippen LogP) is 1.98. The minimum Gasteiger partial charge on any atom is -0.496 e. The Hall–Kier alpha value is -4.12. The van der Waals surface area contributed by atoms with Crippen LogP contribution in [0.5, 0.6) is 17.2 Å². The van der Waals surface area contributed by atoms with Crippen molar-refractivity contribution >= 4 is 40.0 Å². The van der Waals surface area contributed by atoms with Crippen LogP contribution in [0.2, 0.25) is 0 Å². The Kier molecular flexibility index (Phi) is 9.26. The minimum absolute atomic E-state index is 0.128. The molecule has 3 aromatic heterocycles. The summed E-state index contributed by atoms with van der Waals surface area (Å²) in [6.07, 6.45) is 0.644. The lowest BCUT2D eigenvalue weighted by Gasteiger charge is -2.28. The Balaban J connectivity index is 1.45. The molecule has 0 bridgehead atoms. The molecule has 1 atom stereocenters. The van der Waals surface area contributed by atoms with E-state index >= 15 is 0 Å². The van der Waals surface area contributed by atoms with E-state index in [-0.39, 0.29) is 28.8 Å². The van der Waals surface area contributed by atoms with Gasteiger partial charge in [-0.2, -0.15) is 21.5 Å². The molecule has 4 aromatic rings. The Morgan fingerprint density at radius 1 is 1.19 bits per heavy atom. The number of aliphatic hydroxyl groups is 1. The summed E-state index contributed by atoms with van der Waals surface area (Å²) in [5, 5.41) is 25.7. The van der Waals surface area contributed by atoms with Crippen molar-refractivity contribution in [3.05, 3.63) is 52.7 Å². The number of methoxy groups -OCH3 is 2. The number of rotatable bonds is 11. The van der Waals surface area contributed by atoms with Gasteiger partial charge in [0.2, 0.25) is 16.0 Å². The molecule has 222 valence electrons. The standard InChI is InChI=1S/C26H29N7O7S2/c1-37-17-4-3-5-18(38-2)21(17)16-12-19(23(35)29-25-30-31-26(42-25)33-20(27)6-7-28-33)40-24(36)22(16)39-14-15(34)13-32-8-10-41-11-9-32/h3-7,12,15,34H,8-11,13-14,27H2,1-2H3,(H,29,30,35)/t15-/m0/s1. The maximum absolute atomic E-state index is 13.3. The van der Waals surface area contributed by atoms with Gasteiger partial charge < -0.3 is 29.5 Å². The normalized spacial score (nSPS) is 14.4. The van der Waals surface area contributed by atoms with Gasteiger partial charge in [0.1, 0.15) is 30.0 Å². The summed E-state index contributed by atoms with van der Waals surface area (Å²) in [6, 6.07) is 8.04. The van der Waals surface area contributed by atoms with E-state index in [1.165, 1.54) is 31.2 Å². The van der Waals surface area contributed by atoms with Crippen molar-refractivity contribution in [3.63, 3.8) is 0 Å². The van der Waals surface area contributed by atoms with Crippen molar-refractivity contribution in [1.29, 1.82) is 0 Å². The lowest BCUT2D eigenvalue weighted by atomic mass is 10.0. The van der Waals surface area contributed by atoms with Crippen LogP contribution >= 0.6 is 23.1 Å². The molecule has 14 nitrogen and oxygen atoms in total. The van der Waals surface area contributed by atoms with Crippen LogP contribution in [0, 0.1) is 0 Å². The van der Waals surface area contributed by atoms with E-state index < -0.39 is 17.6 Å². The van der Waals surface area contributed by atoms with E-state index in [1.54, 1.807) is 24.3 Å². The highest BCUT2D eigenvalue weighted by atomic mass is 32.2. The Morgan fingerprint density at radius 3 is 2.60 bits per heavy atom. The molecule has 0 radical (unpaired) electrons. The summed E-state index contributed by atoms with van der Waals surface area (Å²) in [4.78, 5) is 28.7. The number of nitrogens with one attached hydrogen (secondary N) is 1. The van der Waals surface area contributed by atoms with Crippen LogP contribution in [0.3, 0.4) is 0 Å². The highest BCUT2D eigenvalue weighted by Gasteiger charge is 2.26. The molecule has 4 heterocycles. The van der Waals surface area contributed by atoms with Crippen molar-refractivity contribution in [1.82, 2.24) is 24.9 Å². The number of aromatic nitrogens is 4. The first-order valence-electron chi connectivity index (χ1n) is 12.8. The fourth-order valence-electron chi connectivity index (χ4n) is 4.33. The van der Waals surface area contributed by atoms with Gasteiger partial charge in [0.25, 0.3) is 5.91 Å². The number of anilines is 2. The van der Waals surface area contributed by atoms with Gasteiger partial charge in [-0.15, -0.1) is 10.2 Å². The lowest BCUT2D eigenvalue weighted by molar-refractivity contribution is 0.0700. The molecule has 16 heteroatoms. The third kappa shape index (κ3) is 6.51. The van der Waals surface area contributed by atoms with E-state index in [9.17, 15) is 14.7 Å². The first-order chi connectivity index (χ1) is 20.4. The van der Waals surface area contributed by atoms with Gasteiger partial charge in [0.15, 0.2) is 5.76 Å². The van der Waals surface area contributed by atoms with Crippen molar-refractivity contribution in [2.24, 2.45) is 0 Å². The number of nitrogen functional groups attached to an aromatic ring is 1. The number of aliphatic hydroxyl groups excluding tert-OH is 1. The molecule has 1 amide bonds. The van der Waals surface area contributed by atoms with Crippen molar-refractivity contribution in [3.8, 4) is 33.5 Å². The molecule has 0 unspecified atom stereocenters. The maximum atomic E-state index is 13.3. The average molecular weight is 616 g/mol. The summed E-state index contributed by atoms with van der Waals surface area (Å²) in [5.41, 5.74) is 5.50. The van der Waals surface area contributed by atoms with Crippen molar-refractivity contribution in [2.45, 2.75) is 6.10 Å². The summed E-state index contributed by atoms with van der Waals surface area (Å²) < 4.78 is 23.7. The van der Waals surface area contributed by atoms with E-state index in [0.29, 0.717) is 34.6 Å². The SMILES string of the molecule is COc1cccc(OC)c1-c1cc(C(=O)Nc2nnc(-n3nccc3N)s2)oc(=O)c1OC[C@@H](O)CN1CCSCC1. The monoisotopic (exact) mass is 615 g/mol. The number of β-amino-alcohol motifs (C(OH)–C–C–N with tert-alkyl or cyclic N) is 1. The zero-order valence-corrected chi connectivity index (χ0v) is 24.4. The van der Waals surface area contributed by atoms with Crippen molar-refractivity contribution < 1.29 is 28.5 Å². The molecule has 42 heavy (non-hydrogen) atoms. The summed E-state index contributed by atoms with van der Waals surface area (Å²) in [6.45, 7) is 1.95. The van der Waals surface area contributed by atoms with Gasteiger partial charge in [-0.3, -0.25) is 15.0 Å². The van der Waals surface area contributed by atoms with Gasteiger partial charge in [-0.25, -0.2) is 4.79 Å². The van der Waals surface area contributed by atoms with Crippen LogP contribution in [0.15, 0.2) is 45.7 Å². The molecule has 5 rings (SSSR count). The van der Waals surface area contributed by atoms with E-state index in [0.717, 1.165) is 35.9 Å². The zero-order chi connectivity index (χ0) is 29.6. The van der Waals surface area contributed by atoms with Gasteiger partial charge in [0.05, 0.1) is 26.0 Å². The van der Waals surface area contributed by atoms with Gasteiger partial charge in [-0.1, -0.05) is 17.4 Å². The van der Waals surface area contributed by atoms with Crippen molar-refractivity contribution in [2.75, 3.05) is 63.0 Å². The topological polar surface area (TPSA) is 180 Å². The number of thioether (sulfide) groups is 1. The second-order valence-electron chi connectivity index (χ2n) is 9.07. The maximum Gasteiger partial charge on any atom is 0.379 e. The van der Waals surface area contributed by atoms with Crippen LogP contribution in [-0.2, 0) is 0 Å². The Labute approximate surface area is 248 Å². The number of hydrogen-bond donors (Lipinski definition) is 3. The molecule has 1 aliphatic rings. The molecule has 1 aliphatic heterocycles. The number of nitrogens with zero attached hydrogens (tertiary/aromatic N) is 5. The van der Waals surface area contributed by atoms with Gasteiger partial charge >= 0.3 is 5.63 Å². The van der Waals surface area contributed by atoms with Crippen LogP contribution in [0.25, 0.3) is 16.3 Å². The smallest absolute Gasteiger partial charge is 0.379 e. The van der Waals surface area contributed by atoms with Gasteiger partial charge in [-0.05, 0) is 18.2 Å². The van der Waals surface area contributed by atoms with Crippen LogP contribution < -0.4 is 30.9 Å². The molecule has 0 saturated carbocycles. The molecule has 4 N–H and O–H groups in total. The first-order valence-corrected chi connectivity index (χ1v) is 14.8. The van der Waals surface area contributed by atoms with Crippen LogP contribution in [0.1, 0.15) is 10.6 Å². The largest absolute Gasteiger partial charge is 0.496 e. The van der Waals surface area contributed by atoms with E-state index in [2.05, 4.69) is 25.5 Å². The lowest BCUT2D eigenvalue weighted by Crippen LogP contribution is -2.40. The predicted molar refractivity (Wildman–Crippen MR) is 158 cm³/mol. The van der Waals surface area contributed by atoms with E-state index in [4.69, 9.17) is 24.4 Å².